The molecule has 6 heteroatoms. The molecule has 0 aromatic heterocycles. The van der Waals surface area contributed by atoms with Crippen molar-refractivity contribution in [3.63, 3.8) is 0 Å². The molecule has 0 aliphatic rings. The van der Waals surface area contributed by atoms with Gasteiger partial charge in [0.15, 0.2) is 11.5 Å². The lowest BCUT2D eigenvalue weighted by Crippen LogP contribution is -2.23. The molecule has 0 fully saturated rings. The first-order valence-electron chi connectivity index (χ1n) is 8.21. The number of aliphatic hydroxyl groups excluding tert-OH is 1. The molecule has 0 bridgehead atoms. The molecule has 1 atom stereocenters. The van der Waals surface area contributed by atoms with E-state index in [2.05, 4.69) is 21.2 Å². The predicted octanol–water partition coefficient (Wildman–Crippen LogP) is 4.55. The molecule has 2 aromatic carbocycles. The van der Waals surface area contributed by atoms with E-state index in [0.717, 1.165) is 15.6 Å². The van der Waals surface area contributed by atoms with Gasteiger partial charge in [-0.2, -0.15) is 0 Å². The zero-order valence-electron chi connectivity index (χ0n) is 14.4. The number of hydrogen-bond donors (Lipinski definition) is 2. The first kappa shape index (κ1) is 20.0. The maximum absolute atomic E-state index is 9.34. The Morgan fingerprint density at radius 3 is 2.68 bits per heavy atom. The molecular formula is C19H23BrClNO3. The summed E-state index contributed by atoms with van der Waals surface area (Å²) in [5.74, 6) is 1.33. The van der Waals surface area contributed by atoms with E-state index in [0.29, 0.717) is 42.8 Å². The Labute approximate surface area is 162 Å². The smallest absolute Gasteiger partial charge is 0.175 e. The van der Waals surface area contributed by atoms with Gasteiger partial charge in [0.25, 0.3) is 0 Å². The summed E-state index contributed by atoms with van der Waals surface area (Å²) in [6, 6.07) is 11.5. The lowest BCUT2D eigenvalue weighted by Gasteiger charge is -2.16. The van der Waals surface area contributed by atoms with Gasteiger partial charge < -0.3 is 19.9 Å². The normalized spacial score (nSPS) is 12.0. The second-order valence-electron chi connectivity index (χ2n) is 5.70. The van der Waals surface area contributed by atoms with Crippen LogP contribution in [0.5, 0.6) is 11.5 Å². The van der Waals surface area contributed by atoms with Crippen LogP contribution < -0.4 is 14.8 Å². The van der Waals surface area contributed by atoms with Gasteiger partial charge in [-0.3, -0.25) is 0 Å². The number of benzene rings is 2. The zero-order valence-corrected chi connectivity index (χ0v) is 16.7. The first-order chi connectivity index (χ1) is 12.0. The van der Waals surface area contributed by atoms with Gasteiger partial charge >= 0.3 is 0 Å². The van der Waals surface area contributed by atoms with Gasteiger partial charge in [0.2, 0.25) is 0 Å². The van der Waals surface area contributed by atoms with Crippen molar-refractivity contribution < 1.29 is 14.6 Å². The maximum atomic E-state index is 9.34. The lowest BCUT2D eigenvalue weighted by molar-refractivity contribution is 0.191. The fraction of sp³-hybridized carbons (Fsp3) is 0.368. The van der Waals surface area contributed by atoms with Crippen LogP contribution in [-0.2, 0) is 13.2 Å². The van der Waals surface area contributed by atoms with Crippen molar-refractivity contribution >= 4 is 27.5 Å². The van der Waals surface area contributed by atoms with Crippen LogP contribution in [0.2, 0.25) is 5.02 Å². The van der Waals surface area contributed by atoms with Crippen LogP contribution in [0.15, 0.2) is 40.9 Å². The monoisotopic (exact) mass is 427 g/mol. The van der Waals surface area contributed by atoms with Crippen LogP contribution >= 0.6 is 27.5 Å². The minimum atomic E-state index is -0.381. The van der Waals surface area contributed by atoms with E-state index < -0.39 is 0 Å². The van der Waals surface area contributed by atoms with Crippen molar-refractivity contribution in [3.05, 3.63) is 57.0 Å². The van der Waals surface area contributed by atoms with Crippen molar-refractivity contribution in [2.45, 2.75) is 33.1 Å². The van der Waals surface area contributed by atoms with Crippen molar-refractivity contribution in [1.29, 1.82) is 0 Å². The number of nitrogens with one attached hydrogen (secondary N) is 1. The Balaban J connectivity index is 2.14. The van der Waals surface area contributed by atoms with Gasteiger partial charge in [-0.1, -0.05) is 29.8 Å². The largest absolute Gasteiger partial charge is 0.490 e. The molecule has 0 saturated heterocycles. The fourth-order valence-corrected chi connectivity index (χ4v) is 3.11. The highest BCUT2D eigenvalue weighted by molar-refractivity contribution is 9.10. The summed E-state index contributed by atoms with van der Waals surface area (Å²) in [6.45, 7) is 5.75. The number of hydrogen-bond acceptors (Lipinski definition) is 4. The van der Waals surface area contributed by atoms with E-state index in [4.69, 9.17) is 21.1 Å². The average Bonchev–Trinajstić information content (AvgIpc) is 2.55. The average molecular weight is 429 g/mol. The lowest BCUT2D eigenvalue weighted by atomic mass is 10.2. The molecule has 0 radical (unpaired) electrons. The number of rotatable bonds is 9. The Bertz CT molecular complexity index is 694. The summed E-state index contributed by atoms with van der Waals surface area (Å²) in [7, 11) is 0. The second kappa shape index (κ2) is 10.0. The Hall–Kier alpha value is -1.27. The third-order valence-electron chi connectivity index (χ3n) is 3.47. The molecule has 2 rings (SSSR count). The first-order valence-corrected chi connectivity index (χ1v) is 9.38. The number of halogens is 2. The van der Waals surface area contributed by atoms with Crippen LogP contribution in [-0.4, -0.2) is 24.4 Å². The van der Waals surface area contributed by atoms with Gasteiger partial charge in [-0.15, -0.1) is 0 Å². The summed E-state index contributed by atoms with van der Waals surface area (Å²) in [4.78, 5) is 0. The van der Waals surface area contributed by atoms with Gasteiger partial charge in [-0.25, -0.2) is 0 Å². The van der Waals surface area contributed by atoms with E-state index in [9.17, 15) is 5.11 Å². The van der Waals surface area contributed by atoms with Crippen LogP contribution in [0.1, 0.15) is 25.0 Å². The Morgan fingerprint density at radius 2 is 2.00 bits per heavy atom. The molecule has 2 N–H and O–H groups in total. The molecule has 4 nitrogen and oxygen atoms in total. The van der Waals surface area contributed by atoms with Gasteiger partial charge in [-0.05, 0) is 53.5 Å². The fourth-order valence-electron chi connectivity index (χ4n) is 2.32. The van der Waals surface area contributed by atoms with Crippen molar-refractivity contribution in [2.24, 2.45) is 0 Å². The molecule has 25 heavy (non-hydrogen) atoms. The summed E-state index contributed by atoms with van der Waals surface area (Å²) in [6.07, 6.45) is -0.381. The van der Waals surface area contributed by atoms with E-state index in [-0.39, 0.29) is 6.10 Å². The maximum Gasteiger partial charge on any atom is 0.175 e. The van der Waals surface area contributed by atoms with E-state index >= 15 is 0 Å². The van der Waals surface area contributed by atoms with E-state index in [1.54, 1.807) is 6.92 Å². The molecule has 0 unspecified atom stereocenters. The molecule has 0 spiro atoms. The highest BCUT2D eigenvalue weighted by Gasteiger charge is 2.13. The molecule has 2 aromatic rings. The summed E-state index contributed by atoms with van der Waals surface area (Å²) in [5.41, 5.74) is 1.96. The quantitative estimate of drug-likeness (QED) is 0.615. The Kier molecular flexibility index (Phi) is 8.03. The van der Waals surface area contributed by atoms with Crippen molar-refractivity contribution in [3.8, 4) is 11.5 Å². The zero-order chi connectivity index (χ0) is 18.2. The third kappa shape index (κ3) is 6.19. The number of ether oxygens (including phenoxy) is 2. The molecular weight excluding hydrogens is 406 g/mol. The molecule has 0 heterocycles. The minimum Gasteiger partial charge on any atom is -0.490 e. The van der Waals surface area contributed by atoms with Crippen molar-refractivity contribution in [1.82, 2.24) is 5.32 Å². The highest BCUT2D eigenvalue weighted by Crippen LogP contribution is 2.37. The molecule has 0 aliphatic heterocycles. The van der Waals surface area contributed by atoms with Crippen LogP contribution in [0.25, 0.3) is 0 Å². The molecule has 0 saturated carbocycles. The second-order valence-corrected chi connectivity index (χ2v) is 6.96. The predicted molar refractivity (Wildman–Crippen MR) is 104 cm³/mol. The standard InChI is InChI=1S/C19H23BrClNO3/c1-3-24-18-9-14(11-22-10-13(2)23)8-16(20)19(18)25-12-15-6-4-5-7-17(15)21/h4-9,13,22-23H,3,10-12H2,1-2H3/t13-/m1/s1. The van der Waals surface area contributed by atoms with Gasteiger partial charge in [0, 0.05) is 23.7 Å². The number of aliphatic hydroxyl groups is 1. The summed E-state index contributed by atoms with van der Waals surface area (Å²) < 4.78 is 12.5. The van der Waals surface area contributed by atoms with Crippen LogP contribution in [0.4, 0.5) is 0 Å². The molecule has 0 amide bonds. The Morgan fingerprint density at radius 1 is 1.24 bits per heavy atom. The van der Waals surface area contributed by atoms with E-state index in [1.165, 1.54) is 0 Å². The van der Waals surface area contributed by atoms with Gasteiger partial charge in [0.1, 0.15) is 6.61 Å². The SMILES string of the molecule is CCOc1cc(CNC[C@@H](C)O)cc(Br)c1OCc1ccccc1Cl. The third-order valence-corrected chi connectivity index (χ3v) is 4.43. The minimum absolute atomic E-state index is 0.359. The summed E-state index contributed by atoms with van der Waals surface area (Å²) in [5, 5.41) is 13.2. The van der Waals surface area contributed by atoms with Crippen LogP contribution in [0, 0.1) is 0 Å². The van der Waals surface area contributed by atoms with Gasteiger partial charge in [0.05, 0.1) is 17.2 Å². The van der Waals surface area contributed by atoms with E-state index in [1.807, 2.05) is 43.3 Å². The van der Waals surface area contributed by atoms with Crippen molar-refractivity contribution in [2.75, 3.05) is 13.2 Å². The topological polar surface area (TPSA) is 50.7 Å². The van der Waals surface area contributed by atoms with Crippen LogP contribution in [0.3, 0.4) is 0 Å². The molecule has 136 valence electrons. The molecule has 0 aliphatic carbocycles. The highest BCUT2D eigenvalue weighted by atomic mass is 79.9. The summed E-state index contributed by atoms with van der Waals surface area (Å²) >= 11 is 9.75.